The largest absolute Gasteiger partial charge is 0.421 e. The minimum Gasteiger partial charge on any atom is -0.421 e. The zero-order chi connectivity index (χ0) is 15.4. The first-order valence-electron chi connectivity index (χ1n) is 7.03. The lowest BCUT2D eigenvalue weighted by atomic mass is 9.99. The van der Waals surface area contributed by atoms with E-state index in [4.69, 9.17) is 4.74 Å². The third-order valence-corrected chi connectivity index (χ3v) is 4.29. The number of carbonyl (C=O) groups is 2. The van der Waals surface area contributed by atoms with Gasteiger partial charge >= 0.3 is 5.97 Å². The number of carbonyl (C=O) groups excluding carboxylic acids is 2. The number of esters is 1. The Labute approximate surface area is 127 Å². The molecular weight excluding hydrogens is 278 g/mol. The predicted molar refractivity (Wildman–Crippen MR) is 82.4 cm³/mol. The van der Waals surface area contributed by atoms with Gasteiger partial charge in [-0.1, -0.05) is 42.5 Å². The van der Waals surface area contributed by atoms with Gasteiger partial charge in [-0.15, -0.1) is 0 Å². The molecule has 0 N–H and O–H groups in total. The highest BCUT2D eigenvalue weighted by Gasteiger charge is 2.44. The van der Waals surface area contributed by atoms with E-state index in [9.17, 15) is 9.59 Å². The van der Waals surface area contributed by atoms with Crippen LogP contribution >= 0.6 is 0 Å². The van der Waals surface area contributed by atoms with Gasteiger partial charge in [-0.25, -0.2) is 4.79 Å². The van der Waals surface area contributed by atoms with E-state index in [1.807, 2.05) is 42.5 Å². The summed E-state index contributed by atoms with van der Waals surface area (Å²) < 4.78 is 5.45. The summed E-state index contributed by atoms with van der Waals surface area (Å²) in [6.45, 7) is 1.76. The van der Waals surface area contributed by atoms with Gasteiger partial charge in [0.05, 0.1) is 11.1 Å². The molecule has 0 saturated heterocycles. The molecule has 108 valence electrons. The molecule has 0 bridgehead atoms. The summed E-state index contributed by atoms with van der Waals surface area (Å²) in [6.07, 6.45) is 0. The van der Waals surface area contributed by atoms with Crippen LogP contribution in [-0.4, -0.2) is 23.8 Å². The summed E-state index contributed by atoms with van der Waals surface area (Å²) in [5.74, 6) is -0.278. The second-order valence-electron chi connectivity index (χ2n) is 5.44. The number of likely N-dealkylation sites (N-methyl/N-ethyl adjacent to an activating group) is 1. The van der Waals surface area contributed by atoms with Crippen molar-refractivity contribution >= 4 is 28.4 Å². The molecule has 2 aliphatic heterocycles. The highest BCUT2D eigenvalue weighted by Crippen LogP contribution is 2.42. The van der Waals surface area contributed by atoms with Crippen molar-refractivity contribution in [3.05, 3.63) is 64.9 Å². The van der Waals surface area contributed by atoms with E-state index in [1.54, 1.807) is 14.0 Å². The fourth-order valence-corrected chi connectivity index (χ4v) is 3.04. The monoisotopic (exact) mass is 291 g/mol. The lowest BCUT2D eigenvalue weighted by molar-refractivity contribution is -0.131. The molecule has 4 rings (SSSR count). The predicted octanol–water partition coefficient (Wildman–Crippen LogP) is 2.85. The number of cyclic esters (lactones) is 1. The van der Waals surface area contributed by atoms with Gasteiger partial charge in [-0.2, -0.15) is 0 Å². The molecule has 1 amide bonds. The number of nitrogens with zero attached hydrogens (tertiary/aromatic N) is 1. The van der Waals surface area contributed by atoms with Crippen molar-refractivity contribution in [3.8, 4) is 0 Å². The molecule has 0 radical (unpaired) electrons. The lowest BCUT2D eigenvalue weighted by Crippen LogP contribution is -2.20. The SMILES string of the molecule is CC1=C2C(=O)OC(c3cccc4ccccc34)=C2C(=O)N1C. The molecule has 4 heteroatoms. The average Bonchev–Trinajstić information content (AvgIpc) is 2.99. The molecule has 4 nitrogen and oxygen atoms in total. The van der Waals surface area contributed by atoms with Crippen LogP contribution in [0.15, 0.2) is 59.3 Å². The second-order valence-corrected chi connectivity index (χ2v) is 5.44. The number of allylic oxidation sites excluding steroid dienone is 1. The molecule has 0 unspecified atom stereocenters. The van der Waals surface area contributed by atoms with Gasteiger partial charge in [0.25, 0.3) is 5.91 Å². The highest BCUT2D eigenvalue weighted by molar-refractivity contribution is 6.23. The third-order valence-electron chi connectivity index (χ3n) is 4.29. The van der Waals surface area contributed by atoms with Crippen LogP contribution < -0.4 is 0 Å². The zero-order valence-electron chi connectivity index (χ0n) is 12.2. The first-order chi connectivity index (χ1) is 10.6. The zero-order valence-corrected chi connectivity index (χ0v) is 12.2. The van der Waals surface area contributed by atoms with E-state index in [0.717, 1.165) is 16.3 Å². The number of amides is 1. The van der Waals surface area contributed by atoms with Crippen molar-refractivity contribution in [1.82, 2.24) is 4.90 Å². The Morgan fingerprint density at radius 3 is 2.50 bits per heavy atom. The normalized spacial score (nSPS) is 17.6. The maximum Gasteiger partial charge on any atom is 0.346 e. The fourth-order valence-electron chi connectivity index (χ4n) is 3.04. The van der Waals surface area contributed by atoms with Crippen LogP contribution in [0.2, 0.25) is 0 Å². The number of hydrogen-bond donors (Lipinski definition) is 0. The Kier molecular flexibility index (Phi) is 2.51. The van der Waals surface area contributed by atoms with E-state index in [0.29, 0.717) is 22.6 Å². The molecular formula is C18H13NO3. The van der Waals surface area contributed by atoms with E-state index in [2.05, 4.69) is 0 Å². The first kappa shape index (κ1) is 12.8. The Balaban J connectivity index is 2.04. The molecule has 0 spiro atoms. The minimum atomic E-state index is -0.451. The highest BCUT2D eigenvalue weighted by atomic mass is 16.5. The topological polar surface area (TPSA) is 46.6 Å². The van der Waals surface area contributed by atoms with Gasteiger partial charge in [0.1, 0.15) is 0 Å². The Bertz CT molecular complexity index is 916. The standard InChI is InChI=1S/C18H13NO3/c1-10-14-15(17(20)19(10)2)16(22-18(14)21)13-9-5-7-11-6-3-4-8-12(11)13/h3-9H,1-2H3. The molecule has 0 aliphatic carbocycles. The van der Waals surface area contributed by atoms with E-state index in [1.165, 1.54) is 4.90 Å². The summed E-state index contributed by atoms with van der Waals surface area (Å²) >= 11 is 0. The summed E-state index contributed by atoms with van der Waals surface area (Å²) in [6, 6.07) is 13.6. The van der Waals surface area contributed by atoms with Crippen LogP contribution in [0.4, 0.5) is 0 Å². The molecule has 0 fully saturated rings. The second kappa shape index (κ2) is 4.31. The number of benzene rings is 2. The third kappa shape index (κ3) is 1.52. The van der Waals surface area contributed by atoms with Crippen molar-refractivity contribution in [2.45, 2.75) is 6.92 Å². The van der Waals surface area contributed by atoms with E-state index < -0.39 is 5.97 Å². The van der Waals surface area contributed by atoms with Gasteiger partial charge in [-0.3, -0.25) is 4.79 Å². The minimum absolute atomic E-state index is 0.193. The Morgan fingerprint density at radius 1 is 0.955 bits per heavy atom. The van der Waals surface area contributed by atoms with Gasteiger partial charge in [0.2, 0.25) is 0 Å². The smallest absolute Gasteiger partial charge is 0.346 e. The van der Waals surface area contributed by atoms with Gasteiger partial charge in [0.15, 0.2) is 5.76 Å². The van der Waals surface area contributed by atoms with Crippen molar-refractivity contribution in [3.63, 3.8) is 0 Å². The molecule has 22 heavy (non-hydrogen) atoms. The maximum absolute atomic E-state index is 12.5. The molecule has 0 saturated carbocycles. The lowest BCUT2D eigenvalue weighted by Gasteiger charge is -2.12. The number of rotatable bonds is 1. The first-order valence-corrected chi connectivity index (χ1v) is 7.03. The van der Waals surface area contributed by atoms with Crippen molar-refractivity contribution in [2.24, 2.45) is 0 Å². The number of ether oxygens (including phenoxy) is 1. The Hall–Kier alpha value is -2.88. The molecule has 2 heterocycles. The van der Waals surface area contributed by atoms with Crippen molar-refractivity contribution in [1.29, 1.82) is 0 Å². The molecule has 0 atom stereocenters. The molecule has 0 aromatic heterocycles. The molecule has 2 aromatic carbocycles. The summed E-state index contributed by atoms with van der Waals surface area (Å²) in [4.78, 5) is 26.1. The quantitative estimate of drug-likeness (QED) is 0.759. The summed E-state index contributed by atoms with van der Waals surface area (Å²) in [5, 5.41) is 2.00. The van der Waals surface area contributed by atoms with Crippen LogP contribution in [0.3, 0.4) is 0 Å². The van der Waals surface area contributed by atoms with Crippen LogP contribution in [0.25, 0.3) is 16.5 Å². The van der Waals surface area contributed by atoms with Crippen LogP contribution in [0, 0.1) is 0 Å². The van der Waals surface area contributed by atoms with Gasteiger partial charge in [0, 0.05) is 18.3 Å². The summed E-state index contributed by atoms with van der Waals surface area (Å²) in [5.41, 5.74) is 2.17. The summed E-state index contributed by atoms with van der Waals surface area (Å²) in [7, 11) is 1.67. The maximum atomic E-state index is 12.5. The number of hydrogen-bond acceptors (Lipinski definition) is 3. The van der Waals surface area contributed by atoms with Crippen LogP contribution in [-0.2, 0) is 14.3 Å². The van der Waals surface area contributed by atoms with Crippen molar-refractivity contribution < 1.29 is 14.3 Å². The molecule has 2 aromatic rings. The van der Waals surface area contributed by atoms with Crippen molar-refractivity contribution in [2.75, 3.05) is 7.05 Å². The Morgan fingerprint density at radius 2 is 1.68 bits per heavy atom. The van der Waals surface area contributed by atoms with Crippen LogP contribution in [0.1, 0.15) is 12.5 Å². The number of fused-ring (bicyclic) bond motifs is 2. The van der Waals surface area contributed by atoms with Crippen LogP contribution in [0.5, 0.6) is 0 Å². The van der Waals surface area contributed by atoms with E-state index >= 15 is 0 Å². The average molecular weight is 291 g/mol. The van der Waals surface area contributed by atoms with Gasteiger partial charge < -0.3 is 9.64 Å². The molecule has 2 aliphatic rings. The van der Waals surface area contributed by atoms with Gasteiger partial charge in [-0.05, 0) is 17.7 Å². The van der Waals surface area contributed by atoms with E-state index in [-0.39, 0.29) is 5.91 Å². The fraction of sp³-hybridized carbons (Fsp3) is 0.111.